The summed E-state index contributed by atoms with van der Waals surface area (Å²) in [6.45, 7) is 1.46. The van der Waals surface area contributed by atoms with Crippen LogP contribution >= 0.6 is 0 Å². The number of carbonyl (C=O) groups is 3. The number of carboxylic acid groups (broad SMARTS) is 1. The van der Waals surface area contributed by atoms with Gasteiger partial charge in [-0.15, -0.1) is 0 Å². The third-order valence-corrected chi connectivity index (χ3v) is 1.82. The number of rotatable bonds is 6. The Balaban J connectivity index is 0. The molecule has 9 nitrogen and oxygen atoms in total. The average Bonchev–Trinajstić information content (AvgIpc) is 2.32. The molecule has 0 heterocycles. The van der Waals surface area contributed by atoms with Gasteiger partial charge < -0.3 is 35.6 Å². The van der Waals surface area contributed by atoms with Crippen molar-refractivity contribution in [2.75, 3.05) is 6.61 Å². The molecule has 0 fully saturated rings. The topological polar surface area (TPSA) is 164 Å². The van der Waals surface area contributed by atoms with E-state index in [2.05, 4.69) is 5.32 Å². The molecule has 9 heteroatoms. The van der Waals surface area contributed by atoms with Crippen molar-refractivity contribution >= 4 is 18.2 Å². The second kappa shape index (κ2) is 10.4. The normalized spacial score (nSPS) is 16.1. The van der Waals surface area contributed by atoms with Gasteiger partial charge in [0.1, 0.15) is 30.6 Å². The number of hydrogen-bond acceptors (Lipinski definition) is 7. The second-order valence-electron chi connectivity index (χ2n) is 3.61. The highest BCUT2D eigenvalue weighted by Gasteiger charge is 2.31. The third-order valence-electron chi connectivity index (χ3n) is 1.82. The fraction of sp³-hybridized carbons (Fsp3) is 0.700. The van der Waals surface area contributed by atoms with Crippen LogP contribution in [0.4, 0.5) is 0 Å². The Kier molecular flexibility index (Phi) is 10.8. The molecule has 0 aliphatic heterocycles. The zero-order valence-corrected chi connectivity index (χ0v) is 10.6. The molecule has 0 aromatic carbocycles. The zero-order valence-electron chi connectivity index (χ0n) is 10.6. The number of aldehydes is 1. The lowest BCUT2D eigenvalue weighted by Gasteiger charge is -2.25. The van der Waals surface area contributed by atoms with Crippen LogP contribution in [0.2, 0.25) is 0 Å². The molecule has 112 valence electrons. The lowest BCUT2D eigenvalue weighted by Crippen LogP contribution is -2.53. The number of aliphatic carboxylic acids is 1. The smallest absolute Gasteiger partial charge is 0.300 e. The maximum atomic E-state index is 10.6. The first-order valence-electron chi connectivity index (χ1n) is 5.24. The standard InChI is InChI=1S/C8H15NO6.C2H4O2/c1-4(12)9-5(2-10)7(14)8(15)6(13)3-11;1-2(3)4/h2,5-8,11,13-15H,3H2,1H3,(H,9,12);1H3,(H,3,4)/t5-,6+,7+,8+;/m0./s1. The molecule has 19 heavy (non-hydrogen) atoms. The third kappa shape index (κ3) is 10.1. The molecule has 0 aliphatic rings. The van der Waals surface area contributed by atoms with Crippen molar-refractivity contribution < 1.29 is 39.9 Å². The van der Waals surface area contributed by atoms with Crippen LogP contribution in [0.5, 0.6) is 0 Å². The highest BCUT2D eigenvalue weighted by Crippen LogP contribution is 2.03. The number of carboxylic acids is 1. The molecular formula is C10H19NO8. The predicted octanol–water partition coefficient (Wildman–Crippen LogP) is -3.14. The number of aliphatic hydroxyl groups excluding tert-OH is 4. The Morgan fingerprint density at radius 1 is 1.16 bits per heavy atom. The van der Waals surface area contributed by atoms with Gasteiger partial charge in [0, 0.05) is 13.8 Å². The van der Waals surface area contributed by atoms with Crippen molar-refractivity contribution in [1.82, 2.24) is 5.32 Å². The Morgan fingerprint density at radius 3 is 1.84 bits per heavy atom. The van der Waals surface area contributed by atoms with Crippen molar-refractivity contribution in [2.45, 2.75) is 38.2 Å². The molecular weight excluding hydrogens is 262 g/mol. The van der Waals surface area contributed by atoms with Crippen LogP contribution in [0, 0.1) is 0 Å². The van der Waals surface area contributed by atoms with E-state index < -0.39 is 42.8 Å². The molecule has 0 rings (SSSR count). The Labute approximate surface area is 109 Å². The van der Waals surface area contributed by atoms with E-state index in [1.165, 1.54) is 0 Å². The van der Waals surface area contributed by atoms with E-state index in [0.717, 1.165) is 13.8 Å². The van der Waals surface area contributed by atoms with Gasteiger partial charge in [0.25, 0.3) is 5.97 Å². The molecule has 0 spiro atoms. The van der Waals surface area contributed by atoms with Crippen LogP contribution in [0.25, 0.3) is 0 Å². The summed E-state index contributed by atoms with van der Waals surface area (Å²) in [4.78, 5) is 30.1. The Morgan fingerprint density at radius 2 is 1.58 bits per heavy atom. The summed E-state index contributed by atoms with van der Waals surface area (Å²) in [7, 11) is 0. The minimum absolute atomic E-state index is 0.235. The highest BCUT2D eigenvalue weighted by molar-refractivity contribution is 5.77. The van der Waals surface area contributed by atoms with Gasteiger partial charge in [0.15, 0.2) is 0 Å². The maximum absolute atomic E-state index is 10.6. The number of aliphatic hydroxyl groups is 4. The maximum Gasteiger partial charge on any atom is 0.300 e. The molecule has 0 aromatic rings. The first-order chi connectivity index (χ1) is 8.67. The molecule has 0 unspecified atom stereocenters. The lowest BCUT2D eigenvalue weighted by atomic mass is 10.0. The average molecular weight is 281 g/mol. The van der Waals surface area contributed by atoms with E-state index >= 15 is 0 Å². The molecule has 0 bridgehead atoms. The Bertz CT molecular complexity index is 291. The van der Waals surface area contributed by atoms with E-state index in [1.807, 2.05) is 0 Å². The minimum Gasteiger partial charge on any atom is -0.481 e. The van der Waals surface area contributed by atoms with Gasteiger partial charge in [-0.2, -0.15) is 0 Å². The van der Waals surface area contributed by atoms with Crippen LogP contribution in [-0.4, -0.2) is 74.7 Å². The first-order valence-corrected chi connectivity index (χ1v) is 5.24. The first kappa shape index (κ1) is 19.8. The molecule has 0 saturated heterocycles. The van der Waals surface area contributed by atoms with Crippen molar-refractivity contribution in [2.24, 2.45) is 0 Å². The van der Waals surface area contributed by atoms with E-state index in [4.69, 9.17) is 20.1 Å². The van der Waals surface area contributed by atoms with Gasteiger partial charge in [-0.25, -0.2) is 0 Å². The van der Waals surface area contributed by atoms with Gasteiger partial charge in [0.05, 0.1) is 6.61 Å². The fourth-order valence-electron chi connectivity index (χ4n) is 0.983. The lowest BCUT2D eigenvalue weighted by molar-refractivity contribution is -0.134. The summed E-state index contributed by atoms with van der Waals surface area (Å²) in [5, 5.41) is 45.6. The molecule has 6 N–H and O–H groups in total. The molecule has 0 saturated carbocycles. The van der Waals surface area contributed by atoms with Crippen LogP contribution in [0.3, 0.4) is 0 Å². The second-order valence-corrected chi connectivity index (χ2v) is 3.61. The minimum atomic E-state index is -1.71. The quantitative estimate of drug-likeness (QED) is 0.278. The van der Waals surface area contributed by atoms with Gasteiger partial charge in [-0.1, -0.05) is 0 Å². The molecule has 0 radical (unpaired) electrons. The molecule has 0 aromatic heterocycles. The zero-order chi connectivity index (χ0) is 15.6. The van der Waals surface area contributed by atoms with Gasteiger partial charge in [-0.05, 0) is 0 Å². The number of hydrogen-bond donors (Lipinski definition) is 6. The Hall–Kier alpha value is -1.55. The van der Waals surface area contributed by atoms with E-state index in [-0.39, 0.29) is 6.29 Å². The van der Waals surface area contributed by atoms with Gasteiger partial charge >= 0.3 is 0 Å². The molecule has 1 amide bonds. The summed E-state index contributed by atoms with van der Waals surface area (Å²) in [6.07, 6.45) is -4.72. The fourth-order valence-corrected chi connectivity index (χ4v) is 0.983. The summed E-state index contributed by atoms with van der Waals surface area (Å²) in [6, 6.07) is -1.32. The largest absolute Gasteiger partial charge is 0.481 e. The van der Waals surface area contributed by atoms with Crippen molar-refractivity contribution in [3.05, 3.63) is 0 Å². The monoisotopic (exact) mass is 281 g/mol. The van der Waals surface area contributed by atoms with Crippen LogP contribution in [-0.2, 0) is 14.4 Å². The molecule has 0 aliphatic carbocycles. The highest BCUT2D eigenvalue weighted by atomic mass is 16.4. The van der Waals surface area contributed by atoms with E-state index in [1.54, 1.807) is 0 Å². The number of carbonyl (C=O) groups excluding carboxylic acids is 2. The van der Waals surface area contributed by atoms with E-state index in [0.29, 0.717) is 0 Å². The van der Waals surface area contributed by atoms with Crippen LogP contribution in [0.1, 0.15) is 13.8 Å². The van der Waals surface area contributed by atoms with Crippen LogP contribution in [0.15, 0.2) is 0 Å². The van der Waals surface area contributed by atoms with Gasteiger partial charge in [0.2, 0.25) is 5.91 Å². The van der Waals surface area contributed by atoms with Crippen molar-refractivity contribution in [1.29, 1.82) is 0 Å². The molecule has 4 atom stereocenters. The summed E-state index contributed by atoms with van der Waals surface area (Å²) < 4.78 is 0. The summed E-state index contributed by atoms with van der Waals surface area (Å²) in [5.74, 6) is -1.39. The van der Waals surface area contributed by atoms with Crippen molar-refractivity contribution in [3.63, 3.8) is 0 Å². The summed E-state index contributed by atoms with van der Waals surface area (Å²) >= 11 is 0. The van der Waals surface area contributed by atoms with Crippen LogP contribution < -0.4 is 5.32 Å². The predicted molar refractivity (Wildman–Crippen MR) is 62.1 cm³/mol. The number of nitrogens with one attached hydrogen (secondary N) is 1. The van der Waals surface area contributed by atoms with Crippen molar-refractivity contribution in [3.8, 4) is 0 Å². The van der Waals surface area contributed by atoms with Gasteiger partial charge in [-0.3, -0.25) is 9.59 Å². The van der Waals surface area contributed by atoms with E-state index in [9.17, 15) is 19.8 Å². The summed E-state index contributed by atoms with van der Waals surface area (Å²) in [5.41, 5.74) is 0. The number of amides is 1. The SMILES string of the molecule is CC(=O)N[C@@H](C=O)[C@@H](O)[C@H](O)[C@H](O)CO.CC(=O)O.